The first kappa shape index (κ1) is 14.6. The lowest BCUT2D eigenvalue weighted by Gasteiger charge is -2.15. The molecule has 1 amide bonds. The summed E-state index contributed by atoms with van der Waals surface area (Å²) in [5, 5.41) is 2.84. The molecule has 0 aliphatic heterocycles. The molecular weight excluding hydrogens is 231 g/mol. The smallest absolute Gasteiger partial charge is 0.220 e. The summed E-state index contributed by atoms with van der Waals surface area (Å²) in [6, 6.07) is 4.83. The van der Waals surface area contributed by atoms with Gasteiger partial charge in [0, 0.05) is 12.5 Å². The van der Waals surface area contributed by atoms with Crippen LogP contribution in [0.2, 0.25) is 0 Å². The zero-order chi connectivity index (χ0) is 13.7. The Morgan fingerprint density at radius 3 is 2.67 bits per heavy atom. The molecule has 0 radical (unpaired) electrons. The number of nitrogens with two attached hydrogens (primary N) is 1. The highest BCUT2D eigenvalue weighted by Gasteiger charge is 2.11. The molecule has 0 aromatic heterocycles. The van der Waals surface area contributed by atoms with Gasteiger partial charge in [0.1, 0.15) is 5.82 Å². The van der Waals surface area contributed by atoms with Crippen LogP contribution in [0.15, 0.2) is 18.2 Å². The van der Waals surface area contributed by atoms with E-state index < -0.39 is 0 Å². The fraction of sp³-hybridized carbons (Fsp3) is 0.500. The van der Waals surface area contributed by atoms with Crippen molar-refractivity contribution in [3.05, 3.63) is 35.1 Å². The third-order valence-corrected chi connectivity index (χ3v) is 2.90. The maximum absolute atomic E-state index is 13.4. The van der Waals surface area contributed by atoms with Gasteiger partial charge in [-0.1, -0.05) is 12.1 Å². The van der Waals surface area contributed by atoms with Crippen LogP contribution in [0.25, 0.3) is 0 Å². The molecule has 4 heteroatoms. The minimum Gasteiger partial charge on any atom is -0.350 e. The molecule has 0 bridgehead atoms. The van der Waals surface area contributed by atoms with Gasteiger partial charge in [-0.15, -0.1) is 0 Å². The van der Waals surface area contributed by atoms with Gasteiger partial charge in [-0.05, 0) is 44.4 Å². The number of carbonyl (C=O) groups excluding carboxylic acids is 1. The number of benzene rings is 1. The molecule has 3 N–H and O–H groups in total. The van der Waals surface area contributed by atoms with E-state index in [0.717, 1.165) is 5.56 Å². The van der Waals surface area contributed by atoms with E-state index in [0.29, 0.717) is 18.4 Å². The SMILES string of the molecule is Cc1ccc(C(C)NC(=O)CCC(C)N)cc1F. The second-order valence-electron chi connectivity index (χ2n) is 4.81. The fourth-order valence-electron chi connectivity index (χ4n) is 1.63. The molecule has 0 aliphatic rings. The second-order valence-corrected chi connectivity index (χ2v) is 4.81. The maximum atomic E-state index is 13.4. The van der Waals surface area contributed by atoms with E-state index >= 15 is 0 Å². The first-order chi connectivity index (χ1) is 8.40. The molecule has 100 valence electrons. The van der Waals surface area contributed by atoms with Gasteiger partial charge in [0.25, 0.3) is 0 Å². The Morgan fingerprint density at radius 1 is 1.44 bits per heavy atom. The molecule has 0 heterocycles. The topological polar surface area (TPSA) is 55.1 Å². The number of rotatable bonds is 5. The van der Waals surface area contributed by atoms with Gasteiger partial charge in [0.05, 0.1) is 6.04 Å². The standard InChI is InChI=1S/C14H21FN2O/c1-9-4-6-12(8-13(9)15)11(3)17-14(18)7-5-10(2)16/h4,6,8,10-11H,5,7,16H2,1-3H3,(H,17,18). The summed E-state index contributed by atoms with van der Waals surface area (Å²) >= 11 is 0. The Balaban J connectivity index is 2.56. The van der Waals surface area contributed by atoms with Crippen molar-refractivity contribution in [2.24, 2.45) is 5.73 Å². The highest BCUT2D eigenvalue weighted by atomic mass is 19.1. The second kappa shape index (κ2) is 6.50. The van der Waals surface area contributed by atoms with Gasteiger partial charge in [-0.2, -0.15) is 0 Å². The first-order valence-electron chi connectivity index (χ1n) is 6.21. The van der Waals surface area contributed by atoms with E-state index in [2.05, 4.69) is 5.32 Å². The van der Waals surface area contributed by atoms with Gasteiger partial charge in [0.2, 0.25) is 5.91 Å². The van der Waals surface area contributed by atoms with Crippen molar-refractivity contribution < 1.29 is 9.18 Å². The van der Waals surface area contributed by atoms with Gasteiger partial charge in [-0.3, -0.25) is 4.79 Å². The minimum absolute atomic E-state index is 0.0166. The van der Waals surface area contributed by atoms with Crippen LogP contribution in [0.5, 0.6) is 0 Å². The molecule has 0 aliphatic carbocycles. The number of halogens is 1. The monoisotopic (exact) mass is 252 g/mol. The Hall–Kier alpha value is -1.42. The highest BCUT2D eigenvalue weighted by molar-refractivity contribution is 5.76. The quantitative estimate of drug-likeness (QED) is 0.845. The molecular formula is C14H21FN2O. The number of hydrogen-bond acceptors (Lipinski definition) is 2. The Kier molecular flexibility index (Phi) is 5.28. The molecule has 0 spiro atoms. The molecule has 0 fully saturated rings. The lowest BCUT2D eigenvalue weighted by atomic mass is 10.1. The van der Waals surface area contributed by atoms with Crippen LogP contribution < -0.4 is 11.1 Å². The van der Waals surface area contributed by atoms with Crippen LogP contribution in [0.3, 0.4) is 0 Å². The highest BCUT2D eigenvalue weighted by Crippen LogP contribution is 2.16. The normalized spacial score (nSPS) is 14.1. The molecule has 1 aromatic rings. The average Bonchev–Trinajstić information content (AvgIpc) is 2.30. The molecule has 1 aromatic carbocycles. The van der Waals surface area contributed by atoms with E-state index in [9.17, 15) is 9.18 Å². The lowest BCUT2D eigenvalue weighted by Crippen LogP contribution is -2.28. The van der Waals surface area contributed by atoms with Crippen molar-refractivity contribution in [1.82, 2.24) is 5.32 Å². The van der Waals surface area contributed by atoms with Crippen molar-refractivity contribution in [2.75, 3.05) is 0 Å². The van der Waals surface area contributed by atoms with Crippen molar-refractivity contribution in [2.45, 2.75) is 45.7 Å². The molecule has 18 heavy (non-hydrogen) atoms. The molecule has 2 unspecified atom stereocenters. The summed E-state index contributed by atoms with van der Waals surface area (Å²) in [4.78, 5) is 11.6. The van der Waals surface area contributed by atoms with Crippen LogP contribution in [0.4, 0.5) is 4.39 Å². The Morgan fingerprint density at radius 2 is 2.11 bits per heavy atom. The molecule has 0 saturated carbocycles. The zero-order valence-corrected chi connectivity index (χ0v) is 11.2. The third kappa shape index (κ3) is 4.45. The predicted octanol–water partition coefficient (Wildman–Crippen LogP) is 2.44. The van der Waals surface area contributed by atoms with E-state index in [4.69, 9.17) is 5.73 Å². The van der Waals surface area contributed by atoms with E-state index in [-0.39, 0.29) is 23.8 Å². The van der Waals surface area contributed by atoms with Crippen molar-refractivity contribution in [3.63, 3.8) is 0 Å². The molecule has 0 saturated heterocycles. The number of aryl methyl sites for hydroxylation is 1. The number of amides is 1. The lowest BCUT2D eigenvalue weighted by molar-refractivity contribution is -0.121. The van der Waals surface area contributed by atoms with Crippen molar-refractivity contribution in [1.29, 1.82) is 0 Å². The molecule has 2 atom stereocenters. The van der Waals surface area contributed by atoms with Crippen LogP contribution >= 0.6 is 0 Å². The van der Waals surface area contributed by atoms with Crippen molar-refractivity contribution in [3.8, 4) is 0 Å². The van der Waals surface area contributed by atoms with E-state index in [1.54, 1.807) is 13.0 Å². The van der Waals surface area contributed by atoms with Gasteiger partial charge >= 0.3 is 0 Å². The predicted molar refractivity (Wildman–Crippen MR) is 70.6 cm³/mol. The average molecular weight is 252 g/mol. The van der Waals surface area contributed by atoms with Crippen LogP contribution in [0.1, 0.15) is 43.9 Å². The largest absolute Gasteiger partial charge is 0.350 e. The van der Waals surface area contributed by atoms with Crippen LogP contribution in [-0.4, -0.2) is 11.9 Å². The summed E-state index contributed by atoms with van der Waals surface area (Å²) in [6.07, 6.45) is 1.05. The Labute approximate surface area is 108 Å². The first-order valence-corrected chi connectivity index (χ1v) is 6.21. The summed E-state index contributed by atoms with van der Waals surface area (Å²) in [5.74, 6) is -0.301. The number of nitrogens with one attached hydrogen (secondary N) is 1. The molecule has 1 rings (SSSR count). The fourth-order valence-corrected chi connectivity index (χ4v) is 1.63. The maximum Gasteiger partial charge on any atom is 0.220 e. The van der Waals surface area contributed by atoms with Crippen LogP contribution in [0, 0.1) is 12.7 Å². The summed E-state index contributed by atoms with van der Waals surface area (Å²) in [7, 11) is 0. The van der Waals surface area contributed by atoms with Gasteiger partial charge in [0.15, 0.2) is 0 Å². The van der Waals surface area contributed by atoms with E-state index in [1.165, 1.54) is 6.07 Å². The van der Waals surface area contributed by atoms with Gasteiger partial charge < -0.3 is 11.1 Å². The zero-order valence-electron chi connectivity index (χ0n) is 11.2. The number of hydrogen-bond donors (Lipinski definition) is 2. The van der Waals surface area contributed by atoms with Crippen LogP contribution in [-0.2, 0) is 4.79 Å². The third-order valence-electron chi connectivity index (χ3n) is 2.90. The van der Waals surface area contributed by atoms with Gasteiger partial charge in [-0.25, -0.2) is 4.39 Å². The Bertz CT molecular complexity index is 418. The van der Waals surface area contributed by atoms with E-state index in [1.807, 2.05) is 19.9 Å². The summed E-state index contributed by atoms with van der Waals surface area (Å²) in [5.41, 5.74) is 6.97. The minimum atomic E-state index is -0.246. The molecule has 3 nitrogen and oxygen atoms in total. The van der Waals surface area contributed by atoms with Crippen molar-refractivity contribution >= 4 is 5.91 Å². The number of carbonyl (C=O) groups is 1. The summed E-state index contributed by atoms with van der Waals surface area (Å²) in [6.45, 7) is 5.42. The summed E-state index contributed by atoms with van der Waals surface area (Å²) < 4.78 is 13.4.